The molecule has 0 spiro atoms. The maximum absolute atomic E-state index is 13.4. The lowest BCUT2D eigenvalue weighted by Gasteiger charge is -2.15. The standard InChI is InChI=1S/C23H27FN4O2S/c1-14(2)28-21(12-30-20-9-6-15(3)10-17(20)5)26-27-23(28)31-13-22(29)25-19-11-18(24)8-7-16(19)4/h6-11,14H,12-13H2,1-5H3,(H,25,29). The number of aryl methyl sites for hydroxylation is 3. The van der Waals surface area contributed by atoms with Gasteiger partial charge in [0.25, 0.3) is 0 Å². The maximum atomic E-state index is 13.4. The van der Waals surface area contributed by atoms with Gasteiger partial charge < -0.3 is 14.6 Å². The number of halogens is 1. The van der Waals surface area contributed by atoms with Gasteiger partial charge in [0.1, 0.15) is 18.2 Å². The Hall–Kier alpha value is -2.87. The molecule has 0 aliphatic carbocycles. The van der Waals surface area contributed by atoms with Crippen molar-refractivity contribution in [3.63, 3.8) is 0 Å². The maximum Gasteiger partial charge on any atom is 0.234 e. The highest BCUT2D eigenvalue weighted by Crippen LogP contribution is 2.25. The largest absolute Gasteiger partial charge is 0.485 e. The summed E-state index contributed by atoms with van der Waals surface area (Å²) in [4.78, 5) is 12.4. The molecule has 0 aliphatic rings. The molecule has 0 bridgehead atoms. The van der Waals surface area contributed by atoms with Crippen LogP contribution in [0.4, 0.5) is 10.1 Å². The van der Waals surface area contributed by atoms with Crippen molar-refractivity contribution in [2.45, 2.75) is 52.4 Å². The number of hydrogen-bond acceptors (Lipinski definition) is 5. The van der Waals surface area contributed by atoms with Crippen molar-refractivity contribution in [3.8, 4) is 5.75 Å². The van der Waals surface area contributed by atoms with Crippen molar-refractivity contribution in [1.82, 2.24) is 14.8 Å². The fourth-order valence-electron chi connectivity index (χ4n) is 3.17. The molecule has 6 nitrogen and oxygen atoms in total. The number of nitrogens with one attached hydrogen (secondary N) is 1. The smallest absolute Gasteiger partial charge is 0.234 e. The van der Waals surface area contributed by atoms with Gasteiger partial charge in [-0.05, 0) is 63.9 Å². The second-order valence-electron chi connectivity index (χ2n) is 7.72. The molecule has 3 rings (SSSR count). The van der Waals surface area contributed by atoms with E-state index in [4.69, 9.17) is 4.74 Å². The number of thioether (sulfide) groups is 1. The molecule has 1 N–H and O–H groups in total. The Bertz CT molecular complexity index is 1080. The van der Waals surface area contributed by atoms with Gasteiger partial charge >= 0.3 is 0 Å². The number of nitrogens with zero attached hydrogens (tertiary/aromatic N) is 3. The summed E-state index contributed by atoms with van der Waals surface area (Å²) in [6, 6.07) is 10.5. The molecule has 0 radical (unpaired) electrons. The zero-order chi connectivity index (χ0) is 22.5. The number of carbonyl (C=O) groups is 1. The first-order chi connectivity index (χ1) is 14.7. The van der Waals surface area contributed by atoms with Crippen molar-refractivity contribution in [1.29, 1.82) is 0 Å². The number of aromatic nitrogens is 3. The van der Waals surface area contributed by atoms with Crippen LogP contribution >= 0.6 is 11.8 Å². The van der Waals surface area contributed by atoms with Gasteiger partial charge in [0.2, 0.25) is 5.91 Å². The summed E-state index contributed by atoms with van der Waals surface area (Å²) in [5, 5.41) is 11.9. The van der Waals surface area contributed by atoms with Gasteiger partial charge in [-0.15, -0.1) is 10.2 Å². The van der Waals surface area contributed by atoms with E-state index in [0.717, 1.165) is 16.9 Å². The van der Waals surface area contributed by atoms with Crippen LogP contribution in [0.25, 0.3) is 0 Å². The molecule has 0 fully saturated rings. The second kappa shape index (κ2) is 9.96. The Morgan fingerprint density at radius 1 is 1.13 bits per heavy atom. The lowest BCUT2D eigenvalue weighted by molar-refractivity contribution is -0.113. The Labute approximate surface area is 186 Å². The highest BCUT2D eigenvalue weighted by atomic mass is 32.2. The van der Waals surface area contributed by atoms with Crippen molar-refractivity contribution in [2.75, 3.05) is 11.1 Å². The monoisotopic (exact) mass is 442 g/mol. The second-order valence-corrected chi connectivity index (χ2v) is 8.66. The average Bonchev–Trinajstić information content (AvgIpc) is 3.12. The van der Waals surface area contributed by atoms with E-state index < -0.39 is 0 Å². The SMILES string of the molecule is Cc1ccc(OCc2nnc(SCC(=O)Nc3cc(F)ccc3C)n2C(C)C)c(C)c1. The summed E-state index contributed by atoms with van der Waals surface area (Å²) in [7, 11) is 0. The molecular weight excluding hydrogens is 415 g/mol. The van der Waals surface area contributed by atoms with Gasteiger partial charge in [0.05, 0.1) is 5.75 Å². The Balaban J connectivity index is 1.65. The van der Waals surface area contributed by atoms with Crippen LogP contribution in [0.2, 0.25) is 0 Å². The molecule has 0 saturated heterocycles. The van der Waals surface area contributed by atoms with E-state index in [1.165, 1.54) is 29.5 Å². The zero-order valence-corrected chi connectivity index (χ0v) is 19.2. The molecule has 1 amide bonds. The molecule has 3 aromatic rings. The van der Waals surface area contributed by atoms with Crippen LogP contribution < -0.4 is 10.1 Å². The molecule has 164 valence electrons. The van der Waals surface area contributed by atoms with Gasteiger partial charge in [0.15, 0.2) is 11.0 Å². The zero-order valence-electron chi connectivity index (χ0n) is 18.4. The third kappa shape index (κ3) is 5.85. The van der Waals surface area contributed by atoms with Crippen LogP contribution in [-0.2, 0) is 11.4 Å². The van der Waals surface area contributed by atoms with E-state index in [0.29, 0.717) is 16.7 Å². The highest BCUT2D eigenvalue weighted by molar-refractivity contribution is 7.99. The van der Waals surface area contributed by atoms with Crippen LogP contribution in [0.15, 0.2) is 41.6 Å². The predicted octanol–water partition coefficient (Wildman–Crippen LogP) is 5.23. The van der Waals surface area contributed by atoms with Crippen molar-refractivity contribution < 1.29 is 13.9 Å². The molecular formula is C23H27FN4O2S. The normalized spacial score (nSPS) is 11.1. The number of rotatable bonds is 8. The Kier molecular flexibility index (Phi) is 7.33. The van der Waals surface area contributed by atoms with Crippen molar-refractivity contribution in [2.24, 2.45) is 0 Å². The topological polar surface area (TPSA) is 69.0 Å². The van der Waals surface area contributed by atoms with Gasteiger partial charge in [-0.1, -0.05) is 35.5 Å². The summed E-state index contributed by atoms with van der Waals surface area (Å²) in [6.07, 6.45) is 0. The van der Waals surface area contributed by atoms with E-state index in [2.05, 4.69) is 21.6 Å². The molecule has 31 heavy (non-hydrogen) atoms. The minimum absolute atomic E-state index is 0.101. The molecule has 0 atom stereocenters. The summed E-state index contributed by atoms with van der Waals surface area (Å²) in [5.74, 6) is 1.02. The van der Waals surface area contributed by atoms with Gasteiger partial charge in [-0.3, -0.25) is 4.79 Å². The van der Waals surface area contributed by atoms with E-state index in [-0.39, 0.29) is 30.1 Å². The van der Waals surface area contributed by atoms with E-state index >= 15 is 0 Å². The molecule has 0 aliphatic heterocycles. The number of hydrogen-bond donors (Lipinski definition) is 1. The Morgan fingerprint density at radius 3 is 2.61 bits per heavy atom. The molecule has 1 heterocycles. The first-order valence-corrected chi connectivity index (χ1v) is 11.1. The number of anilines is 1. The summed E-state index contributed by atoms with van der Waals surface area (Å²) >= 11 is 1.29. The lowest BCUT2D eigenvalue weighted by Crippen LogP contribution is -2.16. The van der Waals surface area contributed by atoms with E-state index in [1.807, 2.05) is 51.3 Å². The third-order valence-corrected chi connectivity index (χ3v) is 5.69. The molecule has 8 heteroatoms. The first kappa shape index (κ1) is 22.8. The highest BCUT2D eigenvalue weighted by Gasteiger charge is 2.18. The number of amides is 1. The molecule has 2 aromatic carbocycles. The number of ether oxygens (including phenoxy) is 1. The van der Waals surface area contributed by atoms with Crippen LogP contribution in [0.3, 0.4) is 0 Å². The average molecular weight is 443 g/mol. The first-order valence-electron chi connectivity index (χ1n) is 10.1. The van der Waals surface area contributed by atoms with Crippen molar-refractivity contribution in [3.05, 3.63) is 64.7 Å². The van der Waals surface area contributed by atoms with Crippen LogP contribution in [0.1, 0.15) is 42.4 Å². The third-order valence-electron chi connectivity index (χ3n) is 4.74. The van der Waals surface area contributed by atoms with Gasteiger partial charge in [-0.2, -0.15) is 0 Å². The van der Waals surface area contributed by atoms with Crippen molar-refractivity contribution >= 4 is 23.4 Å². The lowest BCUT2D eigenvalue weighted by atomic mass is 10.1. The molecule has 0 unspecified atom stereocenters. The van der Waals surface area contributed by atoms with E-state index in [1.54, 1.807) is 6.07 Å². The van der Waals surface area contributed by atoms with Gasteiger partial charge in [0, 0.05) is 11.7 Å². The fraction of sp³-hybridized carbons (Fsp3) is 0.348. The minimum Gasteiger partial charge on any atom is -0.485 e. The van der Waals surface area contributed by atoms with E-state index in [9.17, 15) is 9.18 Å². The summed E-state index contributed by atoms with van der Waals surface area (Å²) in [5.41, 5.74) is 3.52. The quantitative estimate of drug-likeness (QED) is 0.484. The number of carbonyl (C=O) groups excluding carboxylic acids is 1. The molecule has 1 aromatic heterocycles. The Morgan fingerprint density at radius 2 is 1.90 bits per heavy atom. The fourth-order valence-corrected chi connectivity index (χ4v) is 4.06. The molecule has 0 saturated carbocycles. The van der Waals surface area contributed by atoms with Crippen LogP contribution in [-0.4, -0.2) is 26.4 Å². The van der Waals surface area contributed by atoms with Crippen LogP contribution in [0, 0.1) is 26.6 Å². The van der Waals surface area contributed by atoms with Gasteiger partial charge in [-0.25, -0.2) is 4.39 Å². The predicted molar refractivity (Wildman–Crippen MR) is 121 cm³/mol. The van der Waals surface area contributed by atoms with Crippen LogP contribution in [0.5, 0.6) is 5.75 Å². The number of benzene rings is 2. The summed E-state index contributed by atoms with van der Waals surface area (Å²) in [6.45, 7) is 10.2. The summed E-state index contributed by atoms with van der Waals surface area (Å²) < 4.78 is 21.4. The minimum atomic E-state index is -0.387.